The van der Waals surface area contributed by atoms with Crippen LogP contribution < -0.4 is 5.32 Å². The van der Waals surface area contributed by atoms with Gasteiger partial charge in [0.25, 0.3) is 11.8 Å². The van der Waals surface area contributed by atoms with E-state index < -0.39 is 0 Å². The largest absolute Gasteiger partial charge is 0.464 e. The number of amides is 2. The Kier molecular flexibility index (Phi) is 6.17. The third kappa shape index (κ3) is 3.90. The summed E-state index contributed by atoms with van der Waals surface area (Å²) in [4.78, 5) is 29.0. The second kappa shape index (κ2) is 9.51. The number of aromatic nitrogens is 1. The first-order chi connectivity index (χ1) is 17.7. The summed E-state index contributed by atoms with van der Waals surface area (Å²) in [5.74, 6) is -0.721. The zero-order valence-electron chi connectivity index (χ0n) is 20.6. The minimum absolute atomic E-state index is 0. The number of halogens is 1. The molecule has 1 N–H and O–H groups in total. The van der Waals surface area contributed by atoms with Crippen molar-refractivity contribution < 1.29 is 14.0 Å². The van der Waals surface area contributed by atoms with Crippen LogP contribution in [0.25, 0.3) is 33.0 Å². The maximum Gasteiger partial charge on any atom is 0.259 e. The second-order valence-electron chi connectivity index (χ2n) is 10.4. The fourth-order valence-electron chi connectivity index (χ4n) is 6.67. The molecule has 1 aliphatic carbocycles. The molecule has 4 heterocycles. The Morgan fingerprint density at radius 1 is 0.784 bits per heavy atom. The Bertz CT molecular complexity index is 1530. The van der Waals surface area contributed by atoms with Gasteiger partial charge in [-0.2, -0.15) is 0 Å². The van der Waals surface area contributed by atoms with Gasteiger partial charge in [0.1, 0.15) is 5.58 Å². The molecule has 7 heteroatoms. The predicted molar refractivity (Wildman–Crippen MR) is 147 cm³/mol. The van der Waals surface area contributed by atoms with Gasteiger partial charge in [0.15, 0.2) is 0 Å². The molecule has 0 bridgehead atoms. The van der Waals surface area contributed by atoms with Crippen LogP contribution in [-0.2, 0) is 9.59 Å². The number of rotatable bonds is 4. The fourth-order valence-corrected chi connectivity index (χ4v) is 6.67. The maximum atomic E-state index is 13.2. The van der Waals surface area contributed by atoms with Crippen LogP contribution in [-0.4, -0.2) is 40.4 Å². The molecule has 0 unspecified atom stereocenters. The van der Waals surface area contributed by atoms with Crippen molar-refractivity contribution in [3.05, 3.63) is 72.1 Å². The summed E-state index contributed by atoms with van der Waals surface area (Å²) >= 11 is 0. The van der Waals surface area contributed by atoms with Gasteiger partial charge in [-0.05, 0) is 63.7 Å². The van der Waals surface area contributed by atoms with Crippen molar-refractivity contribution in [1.82, 2.24) is 14.8 Å². The first-order valence-corrected chi connectivity index (χ1v) is 13.1. The molecule has 3 aliphatic rings. The third-order valence-corrected chi connectivity index (χ3v) is 8.41. The standard InChI is InChI=1S/C30H29N3O3.ClH/c34-29-26(23-8-5-6-19-14-17-36-28(19)23)27(30(35)31-29)24-18-33(25-9-2-1-7-22(24)25)21-12-10-20(11-13-21)32-15-3-4-16-32;/h1-2,5-9,14,17-18,20-21H,3-4,10-13,15-16H2,(H,31,34,35);1H/t20-,21+;. The number of benzene rings is 2. The Hall–Kier alpha value is -3.35. The minimum atomic E-state index is -0.373. The van der Waals surface area contributed by atoms with Crippen molar-refractivity contribution in [2.45, 2.75) is 50.6 Å². The number of carbonyl (C=O) groups is 2. The zero-order valence-corrected chi connectivity index (χ0v) is 21.4. The molecule has 2 aromatic carbocycles. The summed E-state index contributed by atoms with van der Waals surface area (Å²) in [6.45, 7) is 2.49. The van der Waals surface area contributed by atoms with Crippen LogP contribution in [0.5, 0.6) is 0 Å². The number of para-hydroxylation sites is 2. The Labute approximate surface area is 221 Å². The number of nitrogens with one attached hydrogen (secondary N) is 1. The summed E-state index contributed by atoms with van der Waals surface area (Å²) < 4.78 is 8.09. The zero-order chi connectivity index (χ0) is 24.2. The van der Waals surface area contributed by atoms with Crippen molar-refractivity contribution in [3.63, 3.8) is 0 Å². The highest BCUT2D eigenvalue weighted by Crippen LogP contribution is 2.41. The molecule has 190 valence electrons. The van der Waals surface area contributed by atoms with E-state index in [1.807, 2.05) is 30.3 Å². The first-order valence-electron chi connectivity index (χ1n) is 13.1. The molecule has 2 aromatic heterocycles. The molecule has 1 saturated heterocycles. The number of fused-ring (bicyclic) bond motifs is 2. The van der Waals surface area contributed by atoms with Gasteiger partial charge in [0.2, 0.25) is 0 Å². The smallest absolute Gasteiger partial charge is 0.259 e. The Morgan fingerprint density at radius 2 is 1.49 bits per heavy atom. The van der Waals surface area contributed by atoms with Crippen LogP contribution in [0.3, 0.4) is 0 Å². The molecule has 7 rings (SSSR count). The van der Waals surface area contributed by atoms with Gasteiger partial charge in [-0.3, -0.25) is 14.9 Å². The van der Waals surface area contributed by atoms with Crippen LogP contribution in [0, 0.1) is 0 Å². The van der Waals surface area contributed by atoms with Crippen molar-refractivity contribution in [1.29, 1.82) is 0 Å². The van der Waals surface area contributed by atoms with E-state index >= 15 is 0 Å². The molecular formula is C30H30ClN3O3. The Balaban J connectivity index is 0.00000252. The average molecular weight is 516 g/mol. The second-order valence-corrected chi connectivity index (χ2v) is 10.4. The fraction of sp³-hybridized carbons (Fsp3) is 0.333. The van der Waals surface area contributed by atoms with Gasteiger partial charge in [-0.15, -0.1) is 12.4 Å². The summed E-state index contributed by atoms with van der Waals surface area (Å²) in [6.07, 6.45) is 11.1. The van der Waals surface area contributed by atoms with E-state index in [4.69, 9.17) is 4.42 Å². The number of carbonyl (C=O) groups excluding carboxylic acids is 2. The van der Waals surface area contributed by atoms with Crippen LogP contribution in [0.4, 0.5) is 0 Å². The van der Waals surface area contributed by atoms with E-state index in [1.165, 1.54) is 38.8 Å². The Morgan fingerprint density at radius 3 is 2.27 bits per heavy atom. The number of furan rings is 1. The molecule has 0 radical (unpaired) electrons. The van der Waals surface area contributed by atoms with Gasteiger partial charge < -0.3 is 13.9 Å². The van der Waals surface area contributed by atoms with E-state index in [-0.39, 0.29) is 24.2 Å². The molecular weight excluding hydrogens is 486 g/mol. The highest BCUT2D eigenvalue weighted by molar-refractivity contribution is 6.50. The maximum absolute atomic E-state index is 13.2. The number of nitrogens with zero attached hydrogens (tertiary/aromatic N) is 2. The summed E-state index contributed by atoms with van der Waals surface area (Å²) in [5.41, 5.74) is 4.03. The lowest BCUT2D eigenvalue weighted by Gasteiger charge is -2.35. The van der Waals surface area contributed by atoms with Gasteiger partial charge in [-0.1, -0.05) is 36.4 Å². The molecule has 6 nitrogen and oxygen atoms in total. The first kappa shape index (κ1) is 24.0. The predicted octanol–water partition coefficient (Wildman–Crippen LogP) is 5.96. The van der Waals surface area contributed by atoms with Crippen molar-refractivity contribution in [3.8, 4) is 0 Å². The molecule has 4 aromatic rings. The quantitative estimate of drug-likeness (QED) is 0.341. The lowest BCUT2D eigenvalue weighted by atomic mass is 9.90. The summed E-state index contributed by atoms with van der Waals surface area (Å²) in [7, 11) is 0. The topological polar surface area (TPSA) is 67.5 Å². The number of likely N-dealkylation sites (tertiary alicyclic amines) is 1. The lowest BCUT2D eigenvalue weighted by Crippen LogP contribution is -2.36. The van der Waals surface area contributed by atoms with Crippen molar-refractivity contribution >= 4 is 57.2 Å². The summed E-state index contributed by atoms with van der Waals surface area (Å²) in [6, 6.07) is 16.9. The van der Waals surface area contributed by atoms with E-state index in [0.29, 0.717) is 34.4 Å². The summed E-state index contributed by atoms with van der Waals surface area (Å²) in [5, 5.41) is 4.46. The van der Waals surface area contributed by atoms with E-state index in [2.05, 4.69) is 39.2 Å². The van der Waals surface area contributed by atoms with E-state index in [9.17, 15) is 9.59 Å². The third-order valence-electron chi connectivity index (χ3n) is 8.41. The molecule has 0 atom stereocenters. The molecule has 1 saturated carbocycles. The molecule has 37 heavy (non-hydrogen) atoms. The molecule has 2 aliphatic heterocycles. The number of hydrogen-bond acceptors (Lipinski definition) is 4. The van der Waals surface area contributed by atoms with Crippen LogP contribution in [0.2, 0.25) is 0 Å². The van der Waals surface area contributed by atoms with Gasteiger partial charge >= 0.3 is 0 Å². The van der Waals surface area contributed by atoms with E-state index in [1.54, 1.807) is 6.26 Å². The van der Waals surface area contributed by atoms with Crippen LogP contribution in [0.1, 0.15) is 55.7 Å². The number of hydrogen-bond donors (Lipinski definition) is 1. The van der Waals surface area contributed by atoms with Gasteiger partial charge in [-0.25, -0.2) is 0 Å². The minimum Gasteiger partial charge on any atom is -0.464 e. The highest BCUT2D eigenvalue weighted by atomic mass is 35.5. The van der Waals surface area contributed by atoms with Crippen molar-refractivity contribution in [2.24, 2.45) is 0 Å². The lowest BCUT2D eigenvalue weighted by molar-refractivity contribution is -0.122. The van der Waals surface area contributed by atoms with E-state index in [0.717, 1.165) is 34.7 Å². The van der Waals surface area contributed by atoms with Gasteiger partial charge in [0, 0.05) is 45.7 Å². The SMILES string of the molecule is Cl.O=C1NC(=O)C(c2cccc3ccoc23)=C1c1cn([C@H]2CC[C@@H](N3CCCC3)CC2)c2ccccc12. The number of imide groups is 1. The molecule has 2 fully saturated rings. The highest BCUT2D eigenvalue weighted by Gasteiger charge is 2.36. The van der Waals surface area contributed by atoms with Gasteiger partial charge in [0.05, 0.1) is 17.4 Å². The van der Waals surface area contributed by atoms with Crippen LogP contribution in [0.15, 0.2) is 65.4 Å². The molecule has 2 amide bonds. The van der Waals surface area contributed by atoms with Crippen LogP contribution >= 0.6 is 12.4 Å². The molecule has 0 spiro atoms. The monoisotopic (exact) mass is 515 g/mol. The van der Waals surface area contributed by atoms with Crippen molar-refractivity contribution in [2.75, 3.05) is 13.1 Å². The average Bonchev–Trinajstić information content (AvgIpc) is 3.70. The normalized spacial score (nSPS) is 22.7.